The molecule has 152 valence electrons. The van der Waals surface area contributed by atoms with Crippen molar-refractivity contribution in [1.82, 2.24) is 10.6 Å². The summed E-state index contributed by atoms with van der Waals surface area (Å²) in [5, 5.41) is 7.64. The Morgan fingerprint density at radius 3 is 2.41 bits per heavy atom. The minimum atomic E-state index is -1.20. The van der Waals surface area contributed by atoms with Crippen LogP contribution in [0.5, 0.6) is 11.5 Å². The molecule has 2 aromatic carbocycles. The largest absolute Gasteiger partial charge is 0.490 e. The smallest absolute Gasteiger partial charge is 0.322 e. The summed E-state index contributed by atoms with van der Waals surface area (Å²) in [6.07, 6.45) is 0. The Morgan fingerprint density at radius 2 is 1.76 bits per heavy atom. The van der Waals surface area contributed by atoms with E-state index in [0.717, 1.165) is 0 Å². The predicted octanol–water partition coefficient (Wildman–Crippen LogP) is 2.79. The van der Waals surface area contributed by atoms with Gasteiger partial charge in [0.05, 0.1) is 13.2 Å². The van der Waals surface area contributed by atoms with Crippen LogP contribution in [-0.4, -0.2) is 31.1 Å². The first-order chi connectivity index (χ1) is 13.9. The lowest BCUT2D eigenvalue weighted by Crippen LogP contribution is -2.40. The van der Waals surface area contributed by atoms with Crippen LogP contribution in [0.3, 0.4) is 0 Å². The lowest BCUT2D eigenvalue weighted by molar-refractivity contribution is -0.123. The van der Waals surface area contributed by atoms with Crippen molar-refractivity contribution in [2.24, 2.45) is 0 Å². The number of urea groups is 1. The van der Waals surface area contributed by atoms with Gasteiger partial charge in [0, 0.05) is 11.3 Å². The summed E-state index contributed by atoms with van der Waals surface area (Å²) < 4.78 is 11.1. The van der Waals surface area contributed by atoms with E-state index in [4.69, 9.17) is 9.47 Å². The van der Waals surface area contributed by atoms with Crippen molar-refractivity contribution in [2.75, 3.05) is 18.5 Å². The van der Waals surface area contributed by atoms with Gasteiger partial charge >= 0.3 is 6.03 Å². The highest BCUT2D eigenvalue weighted by molar-refractivity contribution is 6.08. The van der Waals surface area contributed by atoms with Gasteiger partial charge in [0.15, 0.2) is 11.5 Å². The van der Waals surface area contributed by atoms with E-state index in [0.29, 0.717) is 41.5 Å². The molecule has 3 rings (SSSR count). The first kappa shape index (κ1) is 20.2. The maximum absolute atomic E-state index is 12.7. The van der Waals surface area contributed by atoms with Gasteiger partial charge in [0.1, 0.15) is 5.54 Å². The van der Waals surface area contributed by atoms with E-state index in [2.05, 4.69) is 16.0 Å². The number of amides is 4. The van der Waals surface area contributed by atoms with Crippen molar-refractivity contribution >= 4 is 23.5 Å². The monoisotopic (exact) mass is 397 g/mol. The van der Waals surface area contributed by atoms with Gasteiger partial charge < -0.3 is 20.1 Å². The molecule has 8 heteroatoms. The van der Waals surface area contributed by atoms with Crippen molar-refractivity contribution in [3.8, 4) is 11.5 Å². The average molecular weight is 397 g/mol. The molecule has 0 bridgehead atoms. The Hall–Kier alpha value is -3.55. The number of benzene rings is 2. The molecule has 1 aliphatic heterocycles. The zero-order valence-electron chi connectivity index (χ0n) is 16.5. The van der Waals surface area contributed by atoms with E-state index in [1.807, 2.05) is 13.8 Å². The molecule has 2 aromatic rings. The second-order valence-electron chi connectivity index (χ2n) is 6.60. The number of ether oxygens (including phenoxy) is 2. The molecule has 1 atom stereocenters. The Balaban J connectivity index is 1.82. The van der Waals surface area contributed by atoms with E-state index in [-0.39, 0.29) is 5.91 Å². The van der Waals surface area contributed by atoms with Crippen molar-refractivity contribution in [3.05, 3.63) is 53.6 Å². The van der Waals surface area contributed by atoms with Crippen molar-refractivity contribution in [2.45, 2.75) is 26.3 Å². The quantitative estimate of drug-likeness (QED) is 0.623. The molecule has 1 saturated heterocycles. The van der Waals surface area contributed by atoms with Gasteiger partial charge in [-0.15, -0.1) is 0 Å². The van der Waals surface area contributed by atoms with Gasteiger partial charge in [-0.25, -0.2) is 4.79 Å². The fourth-order valence-corrected chi connectivity index (χ4v) is 3.05. The van der Waals surface area contributed by atoms with Crippen LogP contribution in [0, 0.1) is 0 Å². The average Bonchev–Trinajstić information content (AvgIpc) is 2.96. The third-order valence-electron chi connectivity index (χ3n) is 4.55. The molecule has 0 aliphatic carbocycles. The second-order valence-corrected chi connectivity index (χ2v) is 6.60. The zero-order chi connectivity index (χ0) is 21.0. The fourth-order valence-electron chi connectivity index (χ4n) is 3.05. The molecule has 1 aliphatic rings. The number of carbonyl (C=O) groups excluding carboxylic acids is 3. The Kier molecular flexibility index (Phi) is 5.72. The fraction of sp³-hybridized carbons (Fsp3) is 0.286. The minimum Gasteiger partial charge on any atom is -0.490 e. The lowest BCUT2D eigenvalue weighted by Gasteiger charge is -2.21. The van der Waals surface area contributed by atoms with E-state index in [9.17, 15) is 14.4 Å². The van der Waals surface area contributed by atoms with E-state index in [1.165, 1.54) is 0 Å². The second kappa shape index (κ2) is 8.22. The molecule has 8 nitrogen and oxygen atoms in total. The third kappa shape index (κ3) is 4.16. The number of hydrogen-bond donors (Lipinski definition) is 3. The number of carbonyl (C=O) groups is 3. The summed E-state index contributed by atoms with van der Waals surface area (Å²) in [6.45, 7) is 6.26. The van der Waals surface area contributed by atoms with Crippen molar-refractivity contribution in [3.63, 3.8) is 0 Å². The number of imide groups is 1. The first-order valence-corrected chi connectivity index (χ1v) is 9.32. The van der Waals surface area contributed by atoms with E-state index < -0.39 is 17.5 Å². The number of rotatable bonds is 7. The summed E-state index contributed by atoms with van der Waals surface area (Å²) in [6, 6.07) is 11.2. The summed E-state index contributed by atoms with van der Waals surface area (Å²) in [5.74, 6) is 0.285. The van der Waals surface area contributed by atoms with Crippen molar-refractivity contribution < 1.29 is 23.9 Å². The molecule has 0 radical (unpaired) electrons. The molecule has 1 heterocycles. The Labute approximate surface area is 168 Å². The molecule has 1 fully saturated rings. The van der Waals surface area contributed by atoms with Gasteiger partial charge in [-0.1, -0.05) is 12.1 Å². The summed E-state index contributed by atoms with van der Waals surface area (Å²) in [5.41, 5.74) is 0.259. The molecule has 0 saturated carbocycles. The molecule has 1 unspecified atom stereocenters. The molecule has 0 spiro atoms. The Morgan fingerprint density at radius 1 is 1.03 bits per heavy atom. The van der Waals surface area contributed by atoms with Gasteiger partial charge in [-0.3, -0.25) is 14.9 Å². The van der Waals surface area contributed by atoms with Crippen LogP contribution in [0.2, 0.25) is 0 Å². The molecule has 0 aromatic heterocycles. The van der Waals surface area contributed by atoms with Crippen LogP contribution < -0.4 is 25.4 Å². The van der Waals surface area contributed by atoms with Gasteiger partial charge in [0.2, 0.25) is 0 Å². The first-order valence-electron chi connectivity index (χ1n) is 9.32. The summed E-state index contributed by atoms with van der Waals surface area (Å²) in [7, 11) is 0. The standard InChI is InChI=1S/C21H23N3O5/c1-4-28-16-10-9-13(11-17(16)29-5-2)18(25)22-15-8-6-7-14(12-15)21(3)19(26)23-20(27)24-21/h6-12H,4-5H2,1-3H3,(H,22,25)(H2,23,24,26,27). The van der Waals surface area contributed by atoms with Gasteiger partial charge in [0.25, 0.3) is 11.8 Å². The topological polar surface area (TPSA) is 106 Å². The zero-order valence-corrected chi connectivity index (χ0v) is 16.5. The van der Waals surface area contributed by atoms with Gasteiger partial charge in [-0.2, -0.15) is 0 Å². The van der Waals surface area contributed by atoms with Crippen molar-refractivity contribution in [1.29, 1.82) is 0 Å². The molecular formula is C21H23N3O5. The molecule has 4 amide bonds. The number of nitrogens with one attached hydrogen (secondary N) is 3. The predicted molar refractivity (Wildman–Crippen MR) is 107 cm³/mol. The summed E-state index contributed by atoms with van der Waals surface area (Å²) in [4.78, 5) is 36.4. The van der Waals surface area contributed by atoms with E-state index in [1.54, 1.807) is 49.4 Å². The Bertz CT molecular complexity index is 959. The van der Waals surface area contributed by atoms with Crippen LogP contribution >= 0.6 is 0 Å². The molecular weight excluding hydrogens is 374 g/mol. The van der Waals surface area contributed by atoms with E-state index >= 15 is 0 Å². The highest BCUT2D eigenvalue weighted by Gasteiger charge is 2.43. The normalized spacial score (nSPS) is 18.0. The maximum atomic E-state index is 12.7. The SMILES string of the molecule is CCOc1ccc(C(=O)Nc2cccc(C3(C)NC(=O)NC3=O)c2)cc1OCC. The van der Waals surface area contributed by atoms with Crippen LogP contribution in [0.15, 0.2) is 42.5 Å². The minimum absolute atomic E-state index is 0.337. The highest BCUT2D eigenvalue weighted by atomic mass is 16.5. The summed E-state index contributed by atoms with van der Waals surface area (Å²) >= 11 is 0. The highest BCUT2D eigenvalue weighted by Crippen LogP contribution is 2.30. The maximum Gasteiger partial charge on any atom is 0.322 e. The van der Waals surface area contributed by atoms with Crippen LogP contribution in [0.25, 0.3) is 0 Å². The number of anilines is 1. The van der Waals surface area contributed by atoms with Gasteiger partial charge in [-0.05, 0) is 56.7 Å². The van der Waals surface area contributed by atoms with Crippen LogP contribution in [-0.2, 0) is 10.3 Å². The van der Waals surface area contributed by atoms with Crippen LogP contribution in [0.1, 0.15) is 36.7 Å². The van der Waals surface area contributed by atoms with Crippen LogP contribution in [0.4, 0.5) is 10.5 Å². The molecule has 3 N–H and O–H groups in total. The molecule has 29 heavy (non-hydrogen) atoms. The lowest BCUT2D eigenvalue weighted by atomic mass is 9.92. The number of hydrogen-bond acceptors (Lipinski definition) is 5. The third-order valence-corrected chi connectivity index (χ3v) is 4.55.